The Kier molecular flexibility index (Phi) is 2.71. The highest BCUT2D eigenvalue weighted by Crippen LogP contribution is 2.33. The van der Waals surface area contributed by atoms with E-state index in [4.69, 9.17) is 4.74 Å². The third-order valence-corrected chi connectivity index (χ3v) is 5.52. The van der Waals surface area contributed by atoms with Crippen molar-refractivity contribution in [1.82, 2.24) is 4.31 Å². The van der Waals surface area contributed by atoms with Crippen molar-refractivity contribution in [2.24, 2.45) is 0 Å². The van der Waals surface area contributed by atoms with Crippen LogP contribution in [0.15, 0.2) is 29.2 Å². The molecule has 5 nitrogen and oxygen atoms in total. The van der Waals surface area contributed by atoms with E-state index < -0.39 is 22.2 Å². The Balaban J connectivity index is 1.94. The van der Waals surface area contributed by atoms with Crippen molar-refractivity contribution >= 4 is 10.0 Å². The number of nitrogens with zero attached hydrogens (tertiary/aromatic N) is 1. The van der Waals surface area contributed by atoms with Crippen LogP contribution in [0, 0.1) is 6.92 Å². The number of benzene rings is 1. The van der Waals surface area contributed by atoms with Crippen molar-refractivity contribution in [3.8, 4) is 0 Å². The Morgan fingerprint density at radius 1 is 1.33 bits per heavy atom. The maximum atomic E-state index is 12.4. The topological polar surface area (TPSA) is 66.8 Å². The van der Waals surface area contributed by atoms with Gasteiger partial charge in [-0.1, -0.05) is 17.7 Å². The van der Waals surface area contributed by atoms with Gasteiger partial charge in [-0.2, -0.15) is 4.31 Å². The number of aliphatic hydroxyl groups excluding tert-OH is 1. The molecular formula is C12H15NO4S. The maximum Gasteiger partial charge on any atom is 0.243 e. The van der Waals surface area contributed by atoms with Crippen molar-refractivity contribution < 1.29 is 18.3 Å². The number of sulfonamides is 1. The van der Waals surface area contributed by atoms with E-state index in [-0.39, 0.29) is 24.2 Å². The summed E-state index contributed by atoms with van der Waals surface area (Å²) in [5.74, 6) is 0. The number of aryl methyl sites for hydroxylation is 1. The van der Waals surface area contributed by atoms with Gasteiger partial charge < -0.3 is 9.84 Å². The summed E-state index contributed by atoms with van der Waals surface area (Å²) in [4.78, 5) is 0.271. The van der Waals surface area contributed by atoms with Crippen molar-refractivity contribution in [3.63, 3.8) is 0 Å². The molecule has 3 rings (SSSR count). The average Bonchev–Trinajstić information content (AvgIpc) is 2.86. The zero-order valence-corrected chi connectivity index (χ0v) is 10.8. The zero-order chi connectivity index (χ0) is 12.9. The van der Waals surface area contributed by atoms with Gasteiger partial charge in [0, 0.05) is 6.54 Å². The summed E-state index contributed by atoms with van der Waals surface area (Å²) in [6, 6.07) is 6.30. The van der Waals surface area contributed by atoms with Crippen LogP contribution < -0.4 is 0 Å². The Bertz CT molecular complexity index is 554. The van der Waals surface area contributed by atoms with Crippen LogP contribution in [0.5, 0.6) is 0 Å². The average molecular weight is 269 g/mol. The molecule has 0 saturated carbocycles. The van der Waals surface area contributed by atoms with Gasteiger partial charge in [-0.3, -0.25) is 0 Å². The molecule has 1 N–H and O–H groups in total. The maximum absolute atomic E-state index is 12.4. The molecule has 0 amide bonds. The zero-order valence-electron chi connectivity index (χ0n) is 9.98. The smallest absolute Gasteiger partial charge is 0.243 e. The van der Waals surface area contributed by atoms with Crippen LogP contribution in [0.25, 0.3) is 0 Å². The summed E-state index contributed by atoms with van der Waals surface area (Å²) in [7, 11) is -3.53. The minimum Gasteiger partial charge on any atom is -0.389 e. The second kappa shape index (κ2) is 4.03. The predicted molar refractivity (Wildman–Crippen MR) is 64.6 cm³/mol. The van der Waals surface area contributed by atoms with Gasteiger partial charge in [0.15, 0.2) is 0 Å². The van der Waals surface area contributed by atoms with E-state index in [1.165, 1.54) is 4.31 Å². The first-order valence-electron chi connectivity index (χ1n) is 5.88. The van der Waals surface area contributed by atoms with Crippen molar-refractivity contribution in [3.05, 3.63) is 29.8 Å². The number of aliphatic hydroxyl groups is 1. The van der Waals surface area contributed by atoms with E-state index >= 15 is 0 Å². The van der Waals surface area contributed by atoms with Crippen LogP contribution >= 0.6 is 0 Å². The van der Waals surface area contributed by atoms with Gasteiger partial charge in [0.2, 0.25) is 10.0 Å². The van der Waals surface area contributed by atoms with Crippen LogP contribution in [0.3, 0.4) is 0 Å². The van der Waals surface area contributed by atoms with Gasteiger partial charge in [0.1, 0.15) is 6.10 Å². The van der Waals surface area contributed by atoms with E-state index in [1.807, 2.05) is 6.92 Å². The Labute approximate surface area is 106 Å². The lowest BCUT2D eigenvalue weighted by Crippen LogP contribution is -2.42. The quantitative estimate of drug-likeness (QED) is 0.828. The van der Waals surface area contributed by atoms with Gasteiger partial charge in [-0.15, -0.1) is 0 Å². The molecule has 0 aliphatic carbocycles. The molecule has 98 valence electrons. The fourth-order valence-corrected chi connectivity index (χ4v) is 4.15. The van der Waals surface area contributed by atoms with Gasteiger partial charge in [-0.05, 0) is 19.1 Å². The fraction of sp³-hybridized carbons (Fsp3) is 0.500. The molecule has 6 heteroatoms. The lowest BCUT2D eigenvalue weighted by molar-refractivity contribution is 0.0406. The minimum absolute atomic E-state index is 0.238. The van der Waals surface area contributed by atoms with E-state index in [0.717, 1.165) is 5.56 Å². The molecule has 2 saturated heterocycles. The third-order valence-electron chi connectivity index (χ3n) is 3.61. The Morgan fingerprint density at radius 3 is 2.50 bits per heavy atom. The molecule has 1 aromatic carbocycles. The molecule has 0 spiro atoms. The number of fused-ring (bicyclic) bond motifs is 2. The molecule has 0 aromatic heterocycles. The van der Waals surface area contributed by atoms with E-state index in [0.29, 0.717) is 0 Å². The molecule has 18 heavy (non-hydrogen) atoms. The van der Waals surface area contributed by atoms with Crippen molar-refractivity contribution in [1.29, 1.82) is 0 Å². The van der Waals surface area contributed by atoms with Crippen LogP contribution in [0.2, 0.25) is 0 Å². The molecule has 3 unspecified atom stereocenters. The van der Waals surface area contributed by atoms with Crippen LogP contribution in [0.4, 0.5) is 0 Å². The number of rotatable bonds is 2. The first-order chi connectivity index (χ1) is 8.50. The lowest BCUT2D eigenvalue weighted by atomic mass is 10.2. The summed E-state index contributed by atoms with van der Waals surface area (Å²) in [5, 5.41) is 9.82. The first-order valence-corrected chi connectivity index (χ1v) is 7.32. The summed E-state index contributed by atoms with van der Waals surface area (Å²) >= 11 is 0. The number of hydrogen-bond acceptors (Lipinski definition) is 4. The highest BCUT2D eigenvalue weighted by atomic mass is 32.2. The SMILES string of the molecule is Cc1ccc(S(=O)(=O)N2CC3OCC2C3O)cc1. The summed E-state index contributed by atoms with van der Waals surface area (Å²) in [6.45, 7) is 2.42. The number of hydrogen-bond donors (Lipinski definition) is 1. The van der Waals surface area contributed by atoms with Gasteiger partial charge in [-0.25, -0.2) is 8.42 Å². The molecule has 0 radical (unpaired) electrons. The Hall–Kier alpha value is -0.950. The molecular weight excluding hydrogens is 254 g/mol. The highest BCUT2D eigenvalue weighted by Gasteiger charge is 2.52. The third kappa shape index (κ3) is 1.68. The molecule has 2 aliphatic rings. The summed E-state index contributed by atoms with van der Waals surface area (Å²) in [5.41, 5.74) is 1.01. The predicted octanol–water partition coefficient (Wildman–Crippen LogP) is 0.128. The second-order valence-electron chi connectivity index (χ2n) is 4.82. The van der Waals surface area contributed by atoms with Crippen molar-refractivity contribution in [2.75, 3.05) is 13.2 Å². The molecule has 2 bridgehead atoms. The van der Waals surface area contributed by atoms with Gasteiger partial charge in [0.25, 0.3) is 0 Å². The second-order valence-corrected chi connectivity index (χ2v) is 6.71. The van der Waals surface area contributed by atoms with Crippen LogP contribution in [-0.2, 0) is 14.8 Å². The molecule has 1 aromatic rings. The number of ether oxygens (including phenoxy) is 1. The van der Waals surface area contributed by atoms with Crippen LogP contribution in [0.1, 0.15) is 5.56 Å². The molecule has 3 atom stereocenters. The summed E-state index contributed by atoms with van der Waals surface area (Å²) in [6.07, 6.45) is -1.08. The van der Waals surface area contributed by atoms with Crippen LogP contribution in [-0.4, -0.2) is 49.2 Å². The first kappa shape index (κ1) is 12.1. The monoisotopic (exact) mass is 269 g/mol. The Morgan fingerprint density at radius 2 is 2.00 bits per heavy atom. The number of morpholine rings is 1. The van der Waals surface area contributed by atoms with E-state index in [9.17, 15) is 13.5 Å². The summed E-state index contributed by atoms with van der Waals surface area (Å²) < 4.78 is 31.5. The normalized spacial score (nSPS) is 32.0. The van der Waals surface area contributed by atoms with Gasteiger partial charge in [0.05, 0.1) is 23.6 Å². The van der Waals surface area contributed by atoms with Gasteiger partial charge >= 0.3 is 0 Å². The molecule has 2 aliphatic heterocycles. The molecule has 2 fully saturated rings. The van der Waals surface area contributed by atoms with E-state index in [1.54, 1.807) is 24.3 Å². The lowest BCUT2D eigenvalue weighted by Gasteiger charge is -2.25. The van der Waals surface area contributed by atoms with E-state index in [2.05, 4.69) is 0 Å². The largest absolute Gasteiger partial charge is 0.389 e. The minimum atomic E-state index is -3.53. The fourth-order valence-electron chi connectivity index (χ4n) is 2.52. The molecule has 2 heterocycles. The standard InChI is InChI=1S/C12H15NO4S/c1-8-2-4-9(5-3-8)18(15,16)13-6-11-12(14)10(13)7-17-11/h2-5,10-12,14H,6-7H2,1H3. The highest BCUT2D eigenvalue weighted by molar-refractivity contribution is 7.89. The van der Waals surface area contributed by atoms with Crippen molar-refractivity contribution in [2.45, 2.75) is 30.1 Å².